The standard InChI is InChI=1S/C24H22N2O8/c27-22(15-5-8-18-19(12-15)34-11-10-33-18)20-21(14-3-6-16(7-4-14)26(30)31)25(24(29)23(20)28)13-17-2-1-9-32-17/h3-8,12,17,21,27H,1-2,9-11,13H2/b22-20+. The number of carbonyl (C=O) groups is 2. The highest BCUT2D eigenvalue weighted by Crippen LogP contribution is 2.42. The van der Waals surface area contributed by atoms with Gasteiger partial charge in [0.25, 0.3) is 17.4 Å². The van der Waals surface area contributed by atoms with E-state index >= 15 is 0 Å². The van der Waals surface area contributed by atoms with Gasteiger partial charge in [-0.1, -0.05) is 0 Å². The first-order valence-corrected chi connectivity index (χ1v) is 11.0. The maximum atomic E-state index is 13.1. The van der Waals surface area contributed by atoms with Crippen molar-refractivity contribution in [2.75, 3.05) is 26.4 Å². The maximum Gasteiger partial charge on any atom is 0.295 e. The number of aliphatic hydroxyl groups is 1. The Morgan fingerprint density at radius 2 is 1.79 bits per heavy atom. The second-order valence-electron chi connectivity index (χ2n) is 8.29. The molecule has 0 radical (unpaired) electrons. The molecular weight excluding hydrogens is 444 g/mol. The van der Waals surface area contributed by atoms with E-state index in [-0.39, 0.29) is 29.7 Å². The minimum atomic E-state index is -0.918. The van der Waals surface area contributed by atoms with Crippen molar-refractivity contribution in [3.05, 3.63) is 69.3 Å². The zero-order valence-electron chi connectivity index (χ0n) is 18.1. The summed E-state index contributed by atoms with van der Waals surface area (Å²) in [6.45, 7) is 1.51. The number of carbonyl (C=O) groups excluding carboxylic acids is 2. The van der Waals surface area contributed by atoms with E-state index in [1.807, 2.05) is 0 Å². The van der Waals surface area contributed by atoms with Gasteiger partial charge in [0, 0.05) is 30.8 Å². The van der Waals surface area contributed by atoms with E-state index in [9.17, 15) is 24.8 Å². The van der Waals surface area contributed by atoms with Crippen LogP contribution in [0.2, 0.25) is 0 Å². The Hall–Kier alpha value is -3.92. The number of nitro benzene ring substituents is 1. The fraction of sp³-hybridized carbons (Fsp3) is 0.333. The van der Waals surface area contributed by atoms with Crippen molar-refractivity contribution in [2.24, 2.45) is 0 Å². The quantitative estimate of drug-likeness (QED) is 0.234. The lowest BCUT2D eigenvalue weighted by atomic mass is 9.95. The Bertz CT molecular complexity index is 1180. The molecule has 5 rings (SSSR count). The summed E-state index contributed by atoms with van der Waals surface area (Å²) in [5, 5.41) is 22.3. The zero-order chi connectivity index (χ0) is 23.8. The predicted molar refractivity (Wildman–Crippen MR) is 119 cm³/mol. The van der Waals surface area contributed by atoms with E-state index < -0.39 is 22.7 Å². The highest BCUT2D eigenvalue weighted by molar-refractivity contribution is 6.46. The van der Waals surface area contributed by atoms with Crippen LogP contribution in [-0.4, -0.2) is 59.1 Å². The summed E-state index contributed by atoms with van der Waals surface area (Å²) in [6, 6.07) is 9.47. The topological polar surface area (TPSA) is 128 Å². The molecule has 10 nitrogen and oxygen atoms in total. The fourth-order valence-electron chi connectivity index (χ4n) is 4.55. The average Bonchev–Trinajstić information content (AvgIpc) is 3.46. The van der Waals surface area contributed by atoms with Crippen molar-refractivity contribution in [3.63, 3.8) is 0 Å². The molecule has 2 aromatic carbocycles. The van der Waals surface area contributed by atoms with Gasteiger partial charge in [-0.05, 0) is 48.7 Å². The smallest absolute Gasteiger partial charge is 0.295 e. The van der Waals surface area contributed by atoms with E-state index in [1.54, 1.807) is 18.2 Å². The largest absolute Gasteiger partial charge is 0.507 e. The summed E-state index contributed by atoms with van der Waals surface area (Å²) in [4.78, 5) is 38.1. The minimum absolute atomic E-state index is 0.0893. The molecule has 0 aliphatic carbocycles. The molecule has 10 heteroatoms. The van der Waals surface area contributed by atoms with Gasteiger partial charge in [-0.25, -0.2) is 0 Å². The van der Waals surface area contributed by atoms with Crippen molar-refractivity contribution in [1.82, 2.24) is 4.90 Å². The van der Waals surface area contributed by atoms with Gasteiger partial charge in [-0.15, -0.1) is 0 Å². The fourth-order valence-corrected chi connectivity index (χ4v) is 4.55. The number of hydrogen-bond acceptors (Lipinski definition) is 8. The van der Waals surface area contributed by atoms with Crippen LogP contribution < -0.4 is 9.47 Å². The van der Waals surface area contributed by atoms with Gasteiger partial charge >= 0.3 is 0 Å². The number of ether oxygens (including phenoxy) is 3. The second-order valence-corrected chi connectivity index (χ2v) is 8.29. The highest BCUT2D eigenvalue weighted by atomic mass is 16.6. The molecule has 0 bridgehead atoms. The van der Waals surface area contributed by atoms with Crippen LogP contribution in [-0.2, 0) is 14.3 Å². The molecule has 0 saturated carbocycles. The van der Waals surface area contributed by atoms with Crippen molar-refractivity contribution >= 4 is 23.1 Å². The first-order chi connectivity index (χ1) is 16.4. The second kappa shape index (κ2) is 8.79. The lowest BCUT2D eigenvalue weighted by Gasteiger charge is -2.27. The third-order valence-electron chi connectivity index (χ3n) is 6.20. The van der Waals surface area contributed by atoms with E-state index in [2.05, 4.69) is 0 Å². The summed E-state index contributed by atoms with van der Waals surface area (Å²) in [6.07, 6.45) is 1.37. The number of aliphatic hydroxyl groups excluding tert-OH is 1. The van der Waals surface area contributed by atoms with Crippen LogP contribution >= 0.6 is 0 Å². The number of amides is 1. The van der Waals surface area contributed by atoms with Gasteiger partial charge < -0.3 is 24.2 Å². The number of fused-ring (bicyclic) bond motifs is 1. The monoisotopic (exact) mass is 466 g/mol. The molecule has 3 aliphatic rings. The Labute approximate surface area is 194 Å². The Morgan fingerprint density at radius 1 is 1.06 bits per heavy atom. The Balaban J connectivity index is 1.60. The molecule has 0 aromatic heterocycles. The van der Waals surface area contributed by atoms with E-state index in [4.69, 9.17) is 14.2 Å². The van der Waals surface area contributed by atoms with Crippen molar-refractivity contribution in [2.45, 2.75) is 25.0 Å². The van der Waals surface area contributed by atoms with E-state index in [0.29, 0.717) is 42.4 Å². The van der Waals surface area contributed by atoms with E-state index in [1.165, 1.54) is 29.2 Å². The van der Waals surface area contributed by atoms with Gasteiger partial charge in [0.15, 0.2) is 11.5 Å². The molecule has 2 unspecified atom stereocenters. The van der Waals surface area contributed by atoms with Crippen molar-refractivity contribution in [3.8, 4) is 11.5 Å². The molecule has 3 aliphatic heterocycles. The summed E-state index contributed by atoms with van der Waals surface area (Å²) >= 11 is 0. The number of Topliss-reactive ketones (excluding diaryl/α,β-unsaturated/α-hetero) is 1. The van der Waals surface area contributed by atoms with Gasteiger partial charge in [0.05, 0.1) is 22.6 Å². The maximum absolute atomic E-state index is 13.1. The number of ketones is 1. The first-order valence-electron chi connectivity index (χ1n) is 11.0. The third-order valence-corrected chi connectivity index (χ3v) is 6.20. The lowest BCUT2D eigenvalue weighted by molar-refractivity contribution is -0.384. The molecule has 1 N–H and O–H groups in total. The third kappa shape index (κ3) is 3.86. The summed E-state index contributed by atoms with van der Waals surface area (Å²) < 4.78 is 16.8. The lowest BCUT2D eigenvalue weighted by Crippen LogP contribution is -2.36. The van der Waals surface area contributed by atoms with Crippen LogP contribution in [0.5, 0.6) is 11.5 Å². The van der Waals surface area contributed by atoms with Crippen LogP contribution in [0.3, 0.4) is 0 Å². The highest BCUT2D eigenvalue weighted by Gasteiger charge is 2.47. The summed E-state index contributed by atoms with van der Waals surface area (Å²) in [5.41, 5.74) is 0.563. The molecule has 34 heavy (non-hydrogen) atoms. The van der Waals surface area contributed by atoms with Gasteiger partial charge in [-0.3, -0.25) is 19.7 Å². The van der Waals surface area contributed by atoms with Crippen LogP contribution in [0, 0.1) is 10.1 Å². The molecule has 3 heterocycles. The number of nitro groups is 1. The van der Waals surface area contributed by atoms with Crippen molar-refractivity contribution in [1.29, 1.82) is 0 Å². The molecule has 2 saturated heterocycles. The van der Waals surface area contributed by atoms with Crippen LogP contribution in [0.4, 0.5) is 5.69 Å². The number of benzene rings is 2. The normalized spacial score (nSPS) is 23.4. The SMILES string of the molecule is O=C1C(=O)N(CC2CCCO2)C(c2ccc([N+](=O)[O-])cc2)/C1=C(\O)c1ccc2c(c1)OCCO2. The molecule has 0 spiro atoms. The number of non-ortho nitro benzene ring substituents is 1. The Morgan fingerprint density at radius 3 is 2.47 bits per heavy atom. The predicted octanol–water partition coefficient (Wildman–Crippen LogP) is 2.97. The van der Waals surface area contributed by atoms with Gasteiger partial charge in [0.1, 0.15) is 19.0 Å². The van der Waals surface area contributed by atoms with E-state index in [0.717, 1.165) is 12.8 Å². The first kappa shape index (κ1) is 21.9. The van der Waals surface area contributed by atoms with Gasteiger partial charge in [-0.2, -0.15) is 0 Å². The average molecular weight is 466 g/mol. The molecular formula is C24H22N2O8. The number of hydrogen-bond donors (Lipinski definition) is 1. The zero-order valence-corrected chi connectivity index (χ0v) is 18.1. The molecule has 2 atom stereocenters. The van der Waals surface area contributed by atoms with Crippen LogP contribution in [0.25, 0.3) is 5.76 Å². The van der Waals surface area contributed by atoms with Crippen molar-refractivity contribution < 1.29 is 33.8 Å². The summed E-state index contributed by atoms with van der Waals surface area (Å²) in [7, 11) is 0. The number of nitrogens with zero attached hydrogens (tertiary/aromatic N) is 2. The molecule has 2 fully saturated rings. The van der Waals surface area contributed by atoms with Crippen LogP contribution in [0.1, 0.15) is 30.0 Å². The minimum Gasteiger partial charge on any atom is -0.507 e. The van der Waals surface area contributed by atoms with Gasteiger partial charge in [0.2, 0.25) is 0 Å². The summed E-state index contributed by atoms with van der Waals surface area (Å²) in [5.74, 6) is -0.982. The molecule has 176 valence electrons. The number of likely N-dealkylation sites (tertiary alicyclic amines) is 1. The Kier molecular flexibility index (Phi) is 5.66. The molecule has 1 amide bonds. The molecule has 2 aromatic rings. The number of rotatable bonds is 5. The van der Waals surface area contributed by atoms with Crippen LogP contribution in [0.15, 0.2) is 48.0 Å².